The highest BCUT2D eigenvalue weighted by Crippen LogP contribution is 2.16. The molecule has 3 N–H and O–H groups in total. The van der Waals surface area contributed by atoms with Crippen LogP contribution in [0.5, 0.6) is 0 Å². The van der Waals surface area contributed by atoms with Gasteiger partial charge in [-0.2, -0.15) is 0 Å². The quantitative estimate of drug-likeness (QED) is 0.686. The first-order valence-corrected chi connectivity index (χ1v) is 9.02. The van der Waals surface area contributed by atoms with Gasteiger partial charge in [0.25, 0.3) is 5.91 Å². The van der Waals surface area contributed by atoms with E-state index >= 15 is 0 Å². The molecule has 0 fully saturated rings. The molecule has 148 valence electrons. The summed E-state index contributed by atoms with van der Waals surface area (Å²) in [6, 6.07) is 13.9. The topological polar surface area (TPSA) is 90.5 Å². The Morgan fingerprint density at radius 1 is 0.893 bits per heavy atom. The van der Waals surface area contributed by atoms with Gasteiger partial charge in [-0.3, -0.25) is 14.4 Å². The first kappa shape index (κ1) is 21.0. The number of nitrogens with one attached hydrogen (secondary N) is 3. The molecular weight excluding hydrogens is 356 g/mol. The molecule has 0 saturated carbocycles. The van der Waals surface area contributed by atoms with E-state index in [1.807, 2.05) is 19.9 Å². The van der Waals surface area contributed by atoms with E-state index in [-0.39, 0.29) is 30.2 Å². The van der Waals surface area contributed by atoms with Crippen molar-refractivity contribution in [3.05, 3.63) is 54.1 Å². The molecule has 2 rings (SSSR count). The molecule has 2 aromatic carbocycles. The summed E-state index contributed by atoms with van der Waals surface area (Å²) in [6.45, 7) is 3.72. The van der Waals surface area contributed by atoms with Gasteiger partial charge in [-0.1, -0.05) is 19.9 Å². The van der Waals surface area contributed by atoms with Crippen LogP contribution in [-0.4, -0.2) is 43.3 Å². The third kappa shape index (κ3) is 6.12. The van der Waals surface area contributed by atoms with E-state index in [0.29, 0.717) is 16.9 Å². The largest absolute Gasteiger partial charge is 0.376 e. The molecule has 0 spiro atoms. The lowest BCUT2D eigenvalue weighted by molar-refractivity contribution is -0.119. The number of hydrogen-bond acceptors (Lipinski definition) is 4. The highest BCUT2D eigenvalue weighted by atomic mass is 16.2. The van der Waals surface area contributed by atoms with Gasteiger partial charge in [-0.25, -0.2) is 0 Å². The smallest absolute Gasteiger partial charge is 0.253 e. The highest BCUT2D eigenvalue weighted by Gasteiger charge is 2.09. The molecule has 0 atom stereocenters. The average molecular weight is 382 g/mol. The number of amides is 3. The molecule has 0 aromatic heterocycles. The van der Waals surface area contributed by atoms with E-state index in [2.05, 4.69) is 16.0 Å². The monoisotopic (exact) mass is 382 g/mol. The minimum atomic E-state index is -0.219. The zero-order valence-electron chi connectivity index (χ0n) is 16.6. The van der Waals surface area contributed by atoms with E-state index in [9.17, 15) is 14.4 Å². The predicted octanol–water partition coefficient (Wildman–Crippen LogP) is 3.03. The molecule has 7 heteroatoms. The van der Waals surface area contributed by atoms with Crippen molar-refractivity contribution in [2.45, 2.75) is 13.8 Å². The van der Waals surface area contributed by atoms with Crippen molar-refractivity contribution in [1.29, 1.82) is 0 Å². The number of carbonyl (C=O) groups is 3. The summed E-state index contributed by atoms with van der Waals surface area (Å²) in [7, 11) is 3.37. The van der Waals surface area contributed by atoms with E-state index in [1.54, 1.807) is 56.6 Å². The molecule has 0 heterocycles. The van der Waals surface area contributed by atoms with Crippen LogP contribution in [0.15, 0.2) is 48.5 Å². The lowest BCUT2D eigenvalue weighted by Gasteiger charge is -2.12. The summed E-state index contributed by atoms with van der Waals surface area (Å²) >= 11 is 0. The minimum Gasteiger partial charge on any atom is -0.376 e. The van der Waals surface area contributed by atoms with Gasteiger partial charge in [0.15, 0.2) is 0 Å². The van der Waals surface area contributed by atoms with Gasteiger partial charge in [0, 0.05) is 42.6 Å². The first-order chi connectivity index (χ1) is 13.3. The Hall–Kier alpha value is -3.35. The molecule has 2 aromatic rings. The van der Waals surface area contributed by atoms with Crippen LogP contribution in [0.1, 0.15) is 24.2 Å². The number of nitrogens with zero attached hydrogens (tertiary/aromatic N) is 1. The minimum absolute atomic E-state index is 0.0638. The van der Waals surface area contributed by atoms with E-state index in [1.165, 1.54) is 4.90 Å². The normalized spacial score (nSPS) is 10.3. The fourth-order valence-corrected chi connectivity index (χ4v) is 2.34. The second kappa shape index (κ2) is 9.55. The zero-order chi connectivity index (χ0) is 20.7. The summed E-state index contributed by atoms with van der Waals surface area (Å²) in [5, 5.41) is 8.62. The van der Waals surface area contributed by atoms with Crippen molar-refractivity contribution >= 4 is 34.8 Å². The second-order valence-corrected chi connectivity index (χ2v) is 6.90. The fraction of sp³-hybridized carbons (Fsp3) is 0.286. The number of hydrogen-bond donors (Lipinski definition) is 3. The van der Waals surface area contributed by atoms with Gasteiger partial charge < -0.3 is 20.9 Å². The fourth-order valence-electron chi connectivity index (χ4n) is 2.34. The van der Waals surface area contributed by atoms with Crippen molar-refractivity contribution in [2.75, 3.05) is 36.6 Å². The Morgan fingerprint density at radius 2 is 1.54 bits per heavy atom. The third-order valence-corrected chi connectivity index (χ3v) is 3.93. The summed E-state index contributed by atoms with van der Waals surface area (Å²) in [5.41, 5.74) is 2.57. The van der Waals surface area contributed by atoms with Crippen molar-refractivity contribution in [2.24, 2.45) is 5.92 Å². The maximum atomic E-state index is 12.1. The standard InChI is InChI=1S/C21H26N4O3/c1-14(2)20(27)24-18-7-5-6-17(12-18)22-13-19(26)23-16-10-8-15(9-11-16)21(28)25(3)4/h5-12,14,22H,13H2,1-4H3,(H,23,26)(H,24,27). The van der Waals surface area contributed by atoms with E-state index in [0.717, 1.165) is 5.69 Å². The van der Waals surface area contributed by atoms with Gasteiger partial charge in [0.1, 0.15) is 0 Å². The Kier molecular flexibility index (Phi) is 7.14. The van der Waals surface area contributed by atoms with Crippen LogP contribution < -0.4 is 16.0 Å². The lowest BCUT2D eigenvalue weighted by Crippen LogP contribution is -2.23. The molecule has 7 nitrogen and oxygen atoms in total. The Balaban J connectivity index is 1.89. The van der Waals surface area contributed by atoms with E-state index in [4.69, 9.17) is 0 Å². The molecule has 28 heavy (non-hydrogen) atoms. The number of benzene rings is 2. The van der Waals surface area contributed by atoms with Gasteiger partial charge in [0.2, 0.25) is 11.8 Å². The third-order valence-electron chi connectivity index (χ3n) is 3.93. The van der Waals surface area contributed by atoms with Gasteiger partial charge in [-0.15, -0.1) is 0 Å². The molecule has 0 bridgehead atoms. The number of carbonyl (C=O) groups excluding carboxylic acids is 3. The van der Waals surface area contributed by atoms with Crippen molar-refractivity contribution < 1.29 is 14.4 Å². The number of anilines is 3. The molecule has 0 aliphatic carbocycles. The maximum Gasteiger partial charge on any atom is 0.253 e. The van der Waals surface area contributed by atoms with Crippen LogP contribution in [-0.2, 0) is 9.59 Å². The Labute approximate surface area is 165 Å². The summed E-state index contributed by atoms with van der Waals surface area (Å²) < 4.78 is 0. The zero-order valence-corrected chi connectivity index (χ0v) is 16.6. The highest BCUT2D eigenvalue weighted by molar-refractivity contribution is 5.96. The van der Waals surface area contributed by atoms with Crippen molar-refractivity contribution in [3.63, 3.8) is 0 Å². The first-order valence-electron chi connectivity index (χ1n) is 9.02. The summed E-state index contributed by atoms with van der Waals surface area (Å²) in [6.07, 6.45) is 0. The summed E-state index contributed by atoms with van der Waals surface area (Å²) in [5.74, 6) is -0.486. The van der Waals surface area contributed by atoms with Crippen LogP contribution in [0.4, 0.5) is 17.1 Å². The van der Waals surface area contributed by atoms with Crippen LogP contribution in [0.2, 0.25) is 0 Å². The molecule has 0 unspecified atom stereocenters. The molecule has 0 aliphatic rings. The van der Waals surface area contributed by atoms with Gasteiger partial charge >= 0.3 is 0 Å². The maximum absolute atomic E-state index is 12.1. The lowest BCUT2D eigenvalue weighted by atomic mass is 10.2. The Bertz CT molecular complexity index is 845. The average Bonchev–Trinajstić information content (AvgIpc) is 2.66. The molecular formula is C21H26N4O3. The number of rotatable bonds is 7. The molecule has 0 aliphatic heterocycles. The van der Waals surface area contributed by atoms with Gasteiger partial charge in [0.05, 0.1) is 6.54 Å². The van der Waals surface area contributed by atoms with Crippen LogP contribution in [0, 0.1) is 5.92 Å². The second-order valence-electron chi connectivity index (χ2n) is 6.90. The Morgan fingerprint density at radius 3 is 2.14 bits per heavy atom. The van der Waals surface area contributed by atoms with Crippen LogP contribution in [0.3, 0.4) is 0 Å². The van der Waals surface area contributed by atoms with Crippen molar-refractivity contribution in [1.82, 2.24) is 4.90 Å². The summed E-state index contributed by atoms with van der Waals surface area (Å²) in [4.78, 5) is 37.3. The van der Waals surface area contributed by atoms with Crippen LogP contribution in [0.25, 0.3) is 0 Å². The predicted molar refractivity (Wildman–Crippen MR) is 111 cm³/mol. The van der Waals surface area contributed by atoms with Gasteiger partial charge in [-0.05, 0) is 42.5 Å². The molecule has 0 saturated heterocycles. The van der Waals surface area contributed by atoms with Crippen LogP contribution >= 0.6 is 0 Å². The van der Waals surface area contributed by atoms with E-state index < -0.39 is 0 Å². The SMILES string of the molecule is CC(C)C(=O)Nc1cccc(NCC(=O)Nc2ccc(C(=O)N(C)C)cc2)c1. The molecule has 3 amide bonds. The van der Waals surface area contributed by atoms with Crippen molar-refractivity contribution in [3.8, 4) is 0 Å². The molecule has 0 radical (unpaired) electrons.